The maximum Gasteiger partial charge on any atom is 0.251 e. The molecule has 0 heterocycles. The third kappa shape index (κ3) is 5.61. The quantitative estimate of drug-likeness (QED) is 0.500. The van der Waals surface area contributed by atoms with Crippen LogP contribution in [0.4, 0.5) is 10.1 Å². The number of benzene rings is 3. The highest BCUT2D eigenvalue weighted by molar-refractivity contribution is 7.80. The number of halogens is 1. The topological polar surface area (TPSA) is 67.4 Å². The highest BCUT2D eigenvalue weighted by atomic mass is 32.1. The summed E-state index contributed by atoms with van der Waals surface area (Å²) in [5.41, 5.74) is 1.61. The SMILES string of the molecule is COc1cc(S)ccc1NC(=O)C(Cc1ccccc1)NC(=O)c1ccc(F)cc1. The van der Waals surface area contributed by atoms with Gasteiger partial charge in [-0.3, -0.25) is 9.59 Å². The van der Waals surface area contributed by atoms with E-state index in [1.54, 1.807) is 18.2 Å². The Morgan fingerprint density at radius 1 is 1.03 bits per heavy atom. The second-order valence-corrected chi connectivity index (χ2v) is 7.11. The summed E-state index contributed by atoms with van der Waals surface area (Å²) in [6.07, 6.45) is 0.284. The minimum atomic E-state index is -0.856. The van der Waals surface area contributed by atoms with Gasteiger partial charge in [0.25, 0.3) is 5.91 Å². The molecule has 0 fully saturated rings. The molecule has 2 amide bonds. The predicted octanol–water partition coefficient (Wildman–Crippen LogP) is 4.10. The van der Waals surface area contributed by atoms with E-state index in [9.17, 15) is 14.0 Å². The molecule has 0 aromatic heterocycles. The fourth-order valence-corrected chi connectivity index (χ4v) is 3.10. The number of thiol groups is 1. The predicted molar refractivity (Wildman–Crippen MR) is 117 cm³/mol. The number of carbonyl (C=O) groups excluding carboxylic acids is 2. The Labute approximate surface area is 179 Å². The van der Waals surface area contributed by atoms with Crippen LogP contribution in [-0.2, 0) is 11.2 Å². The molecule has 1 atom stereocenters. The lowest BCUT2D eigenvalue weighted by atomic mass is 10.0. The number of anilines is 1. The van der Waals surface area contributed by atoms with Crippen LogP contribution in [0.15, 0.2) is 77.7 Å². The smallest absolute Gasteiger partial charge is 0.251 e. The van der Waals surface area contributed by atoms with Gasteiger partial charge in [-0.15, -0.1) is 12.6 Å². The van der Waals surface area contributed by atoms with Crippen molar-refractivity contribution in [2.45, 2.75) is 17.4 Å². The number of amides is 2. The summed E-state index contributed by atoms with van der Waals surface area (Å²) < 4.78 is 18.5. The van der Waals surface area contributed by atoms with Crippen LogP contribution in [-0.4, -0.2) is 25.0 Å². The molecule has 3 aromatic rings. The first-order valence-electron chi connectivity index (χ1n) is 9.24. The second-order valence-electron chi connectivity index (χ2n) is 6.60. The number of ether oxygens (including phenoxy) is 1. The van der Waals surface area contributed by atoms with E-state index in [-0.39, 0.29) is 12.0 Å². The van der Waals surface area contributed by atoms with E-state index in [1.165, 1.54) is 31.4 Å². The van der Waals surface area contributed by atoms with Crippen LogP contribution in [0.5, 0.6) is 5.75 Å². The Kier molecular flexibility index (Phi) is 7.08. The first-order chi connectivity index (χ1) is 14.5. The fourth-order valence-electron chi connectivity index (χ4n) is 2.90. The summed E-state index contributed by atoms with van der Waals surface area (Å²) in [5.74, 6) is -0.854. The lowest BCUT2D eigenvalue weighted by Crippen LogP contribution is -2.45. The van der Waals surface area contributed by atoms with E-state index in [4.69, 9.17) is 4.74 Å². The Morgan fingerprint density at radius 2 is 1.73 bits per heavy atom. The lowest BCUT2D eigenvalue weighted by molar-refractivity contribution is -0.118. The van der Waals surface area contributed by atoms with E-state index in [0.29, 0.717) is 16.3 Å². The molecule has 0 radical (unpaired) electrons. The van der Waals surface area contributed by atoms with Crippen molar-refractivity contribution in [2.75, 3.05) is 12.4 Å². The van der Waals surface area contributed by atoms with E-state index >= 15 is 0 Å². The van der Waals surface area contributed by atoms with Crippen molar-refractivity contribution < 1.29 is 18.7 Å². The first-order valence-corrected chi connectivity index (χ1v) is 9.69. The molecular formula is C23H21FN2O3S. The zero-order chi connectivity index (χ0) is 21.5. The third-order valence-electron chi connectivity index (χ3n) is 4.45. The van der Waals surface area contributed by atoms with Crippen LogP contribution in [0.2, 0.25) is 0 Å². The maximum absolute atomic E-state index is 13.2. The van der Waals surface area contributed by atoms with Crippen LogP contribution in [0.25, 0.3) is 0 Å². The zero-order valence-electron chi connectivity index (χ0n) is 16.3. The Balaban J connectivity index is 1.82. The molecule has 154 valence electrons. The number of hydrogen-bond donors (Lipinski definition) is 3. The molecule has 30 heavy (non-hydrogen) atoms. The molecule has 0 spiro atoms. The molecule has 0 aliphatic carbocycles. The summed E-state index contributed by atoms with van der Waals surface area (Å²) in [6.45, 7) is 0. The molecule has 0 aliphatic heterocycles. The van der Waals surface area contributed by atoms with Gasteiger partial charge in [-0.1, -0.05) is 30.3 Å². The van der Waals surface area contributed by atoms with Gasteiger partial charge in [-0.25, -0.2) is 4.39 Å². The molecular weight excluding hydrogens is 403 g/mol. The molecule has 0 aliphatic rings. The van der Waals surface area contributed by atoms with Crippen molar-refractivity contribution in [3.63, 3.8) is 0 Å². The van der Waals surface area contributed by atoms with Crippen molar-refractivity contribution in [2.24, 2.45) is 0 Å². The van der Waals surface area contributed by atoms with Crippen molar-refractivity contribution in [3.8, 4) is 5.75 Å². The van der Waals surface area contributed by atoms with E-state index < -0.39 is 23.7 Å². The standard InChI is InChI=1S/C23H21FN2O3S/c1-29-21-14-18(30)11-12-19(21)25-23(28)20(13-15-5-3-2-4-6-15)26-22(27)16-7-9-17(24)10-8-16/h2-12,14,20,30H,13H2,1H3,(H,25,28)(H,26,27). The van der Waals surface area contributed by atoms with Crippen molar-refractivity contribution in [1.29, 1.82) is 0 Å². The average molecular weight is 424 g/mol. The van der Waals surface area contributed by atoms with Gasteiger partial charge in [-0.2, -0.15) is 0 Å². The van der Waals surface area contributed by atoms with E-state index in [1.807, 2.05) is 30.3 Å². The molecule has 0 bridgehead atoms. The van der Waals surface area contributed by atoms with Gasteiger partial charge in [0, 0.05) is 16.9 Å². The summed E-state index contributed by atoms with van der Waals surface area (Å²) in [4.78, 5) is 26.4. The van der Waals surface area contributed by atoms with Crippen LogP contribution >= 0.6 is 12.6 Å². The van der Waals surface area contributed by atoms with Gasteiger partial charge in [0.1, 0.15) is 17.6 Å². The zero-order valence-corrected chi connectivity index (χ0v) is 17.2. The lowest BCUT2D eigenvalue weighted by Gasteiger charge is -2.20. The van der Waals surface area contributed by atoms with Gasteiger partial charge in [-0.05, 0) is 48.0 Å². The number of nitrogens with one attached hydrogen (secondary N) is 2. The van der Waals surface area contributed by atoms with Crippen molar-refractivity contribution >= 4 is 30.1 Å². The van der Waals surface area contributed by atoms with E-state index in [2.05, 4.69) is 23.3 Å². The second kappa shape index (κ2) is 9.93. The van der Waals surface area contributed by atoms with Crippen LogP contribution in [0.3, 0.4) is 0 Å². The summed E-state index contributed by atoms with van der Waals surface area (Å²) in [6, 6.07) is 18.7. The van der Waals surface area contributed by atoms with Crippen LogP contribution in [0.1, 0.15) is 15.9 Å². The monoisotopic (exact) mass is 424 g/mol. The highest BCUT2D eigenvalue weighted by Gasteiger charge is 2.23. The first kappa shape index (κ1) is 21.4. The highest BCUT2D eigenvalue weighted by Crippen LogP contribution is 2.27. The van der Waals surface area contributed by atoms with Crippen molar-refractivity contribution in [3.05, 3.63) is 89.7 Å². The van der Waals surface area contributed by atoms with Crippen LogP contribution < -0.4 is 15.4 Å². The molecule has 3 rings (SSSR count). The Morgan fingerprint density at radius 3 is 2.40 bits per heavy atom. The van der Waals surface area contributed by atoms with Gasteiger partial charge in [0.15, 0.2) is 0 Å². The van der Waals surface area contributed by atoms with E-state index in [0.717, 1.165) is 5.56 Å². The Bertz CT molecular complexity index is 1030. The minimum Gasteiger partial charge on any atom is -0.495 e. The molecule has 5 nitrogen and oxygen atoms in total. The number of rotatable bonds is 7. The number of methoxy groups -OCH3 is 1. The Hall–Kier alpha value is -3.32. The maximum atomic E-state index is 13.2. The average Bonchev–Trinajstić information content (AvgIpc) is 2.75. The van der Waals surface area contributed by atoms with Gasteiger partial charge in [0.2, 0.25) is 5.91 Å². The number of hydrogen-bond acceptors (Lipinski definition) is 4. The molecule has 1 unspecified atom stereocenters. The molecule has 0 saturated carbocycles. The minimum absolute atomic E-state index is 0.263. The summed E-state index contributed by atoms with van der Waals surface area (Å²) >= 11 is 4.27. The molecule has 3 aromatic carbocycles. The summed E-state index contributed by atoms with van der Waals surface area (Å²) in [7, 11) is 1.50. The van der Waals surface area contributed by atoms with Gasteiger partial charge >= 0.3 is 0 Å². The molecule has 0 saturated heterocycles. The third-order valence-corrected chi connectivity index (χ3v) is 4.73. The van der Waals surface area contributed by atoms with Crippen molar-refractivity contribution in [1.82, 2.24) is 5.32 Å². The fraction of sp³-hybridized carbons (Fsp3) is 0.130. The van der Waals surface area contributed by atoms with Gasteiger partial charge < -0.3 is 15.4 Å². The van der Waals surface area contributed by atoms with Gasteiger partial charge in [0.05, 0.1) is 12.8 Å². The molecule has 2 N–H and O–H groups in total. The molecule has 7 heteroatoms. The normalized spacial score (nSPS) is 11.4. The van der Waals surface area contributed by atoms with Crippen LogP contribution in [0, 0.1) is 5.82 Å². The largest absolute Gasteiger partial charge is 0.495 e. The summed E-state index contributed by atoms with van der Waals surface area (Å²) in [5, 5.41) is 5.54. The number of carbonyl (C=O) groups is 2.